The third-order valence-corrected chi connectivity index (χ3v) is 7.89. The van der Waals surface area contributed by atoms with E-state index in [1.165, 1.54) is 4.90 Å². The van der Waals surface area contributed by atoms with Crippen molar-refractivity contribution in [3.63, 3.8) is 0 Å². The molecule has 0 radical (unpaired) electrons. The summed E-state index contributed by atoms with van der Waals surface area (Å²) in [5.41, 5.74) is -0.701. The first-order valence-corrected chi connectivity index (χ1v) is 12.4. The number of carbonyl (C=O) groups is 4. The van der Waals surface area contributed by atoms with Gasteiger partial charge in [-0.3, -0.25) is 24.2 Å². The molecule has 4 rings (SSSR count). The van der Waals surface area contributed by atoms with Crippen LogP contribution in [0.5, 0.6) is 0 Å². The fraction of sp³-hybridized carbons (Fsp3) is 0.826. The van der Waals surface area contributed by atoms with Gasteiger partial charge in [-0.25, -0.2) is 4.79 Å². The van der Waals surface area contributed by atoms with Gasteiger partial charge in [0.1, 0.15) is 5.54 Å². The molecule has 0 aromatic heterocycles. The molecule has 10 heteroatoms. The summed E-state index contributed by atoms with van der Waals surface area (Å²) in [6, 6.07) is -0.342. The Morgan fingerprint density at radius 3 is 2.33 bits per heavy atom. The van der Waals surface area contributed by atoms with Crippen molar-refractivity contribution < 1.29 is 24.3 Å². The molecule has 33 heavy (non-hydrogen) atoms. The van der Waals surface area contributed by atoms with Gasteiger partial charge in [-0.15, -0.1) is 0 Å². The fourth-order valence-corrected chi connectivity index (χ4v) is 5.86. The number of rotatable bonds is 5. The molecule has 2 N–H and O–H groups in total. The Labute approximate surface area is 195 Å². The van der Waals surface area contributed by atoms with E-state index in [9.17, 15) is 24.3 Å². The van der Waals surface area contributed by atoms with Crippen LogP contribution in [0, 0.1) is 0 Å². The molecule has 0 bridgehead atoms. The van der Waals surface area contributed by atoms with Gasteiger partial charge >= 0.3 is 6.03 Å². The third-order valence-electron chi connectivity index (χ3n) is 7.89. The van der Waals surface area contributed by atoms with E-state index in [1.54, 1.807) is 11.8 Å². The maximum absolute atomic E-state index is 12.8. The van der Waals surface area contributed by atoms with E-state index in [1.807, 2.05) is 4.90 Å². The minimum absolute atomic E-state index is 0.00637. The molecule has 5 amide bonds. The van der Waals surface area contributed by atoms with Crippen LogP contribution in [0.4, 0.5) is 4.79 Å². The van der Waals surface area contributed by atoms with Crippen LogP contribution in [0.25, 0.3) is 0 Å². The second kappa shape index (κ2) is 9.97. The lowest BCUT2D eigenvalue weighted by Gasteiger charge is -2.40. The molecule has 4 fully saturated rings. The number of hydrogen-bond donors (Lipinski definition) is 2. The summed E-state index contributed by atoms with van der Waals surface area (Å²) < 4.78 is 0. The topological polar surface area (TPSA) is 114 Å². The van der Waals surface area contributed by atoms with E-state index in [0.29, 0.717) is 58.3 Å². The van der Waals surface area contributed by atoms with E-state index < -0.39 is 11.6 Å². The van der Waals surface area contributed by atoms with E-state index in [0.717, 1.165) is 25.9 Å². The zero-order valence-electron chi connectivity index (χ0n) is 19.6. The number of aliphatic hydroxyl groups excluding tert-OH is 1. The zero-order chi connectivity index (χ0) is 23.6. The van der Waals surface area contributed by atoms with Gasteiger partial charge in [0.05, 0.1) is 6.10 Å². The monoisotopic (exact) mass is 463 g/mol. The van der Waals surface area contributed by atoms with Crippen LogP contribution in [0.2, 0.25) is 0 Å². The molecule has 2 atom stereocenters. The average Bonchev–Trinajstić information content (AvgIpc) is 3.29. The number of aliphatic hydroxyl groups is 1. The molecule has 3 heterocycles. The molecule has 184 valence electrons. The number of hydrogen-bond acceptors (Lipinski definition) is 6. The molecule has 0 aromatic carbocycles. The first-order valence-electron chi connectivity index (χ1n) is 12.4. The van der Waals surface area contributed by atoms with Crippen molar-refractivity contribution in [1.29, 1.82) is 0 Å². The number of nitrogens with one attached hydrogen (secondary N) is 1. The summed E-state index contributed by atoms with van der Waals surface area (Å²) in [6.45, 7) is 5.76. The van der Waals surface area contributed by atoms with Crippen LogP contribution in [0.1, 0.15) is 58.3 Å². The first-order chi connectivity index (χ1) is 15.8. The van der Waals surface area contributed by atoms with Gasteiger partial charge in [-0.1, -0.05) is 12.8 Å². The molecule has 3 saturated heterocycles. The maximum atomic E-state index is 12.8. The standard InChI is InChI=1S/C23H37N5O5/c1-17(29)25-13-15-26(16-14-25)18-6-11-27(12-7-19(18)30)20(31)5-4-10-28-21(32)23(24-22(28)33)8-2-3-9-23/h18-19,30H,2-16H2,1H3,(H,24,33)/t18-,19-/m0/s1. The van der Waals surface area contributed by atoms with Gasteiger partial charge in [0, 0.05) is 65.2 Å². The SMILES string of the molecule is CC(=O)N1CCN([C@H]2CCN(C(=O)CCCN3C(=O)NC4(CCCC4)C3=O)CC[C@@H]2O)CC1. The summed E-state index contributed by atoms with van der Waals surface area (Å²) >= 11 is 0. The Bertz CT molecular complexity index is 775. The number of amides is 5. The number of nitrogens with zero attached hydrogens (tertiary/aromatic N) is 4. The van der Waals surface area contributed by atoms with Gasteiger partial charge in [-0.2, -0.15) is 0 Å². The molecular formula is C23H37N5O5. The van der Waals surface area contributed by atoms with Crippen molar-refractivity contribution in [3.05, 3.63) is 0 Å². The minimum Gasteiger partial charge on any atom is -0.391 e. The van der Waals surface area contributed by atoms with E-state index >= 15 is 0 Å². The van der Waals surface area contributed by atoms with Crippen molar-refractivity contribution >= 4 is 23.8 Å². The Morgan fingerprint density at radius 2 is 1.67 bits per heavy atom. The lowest BCUT2D eigenvalue weighted by Crippen LogP contribution is -2.54. The van der Waals surface area contributed by atoms with Gasteiger partial charge < -0.3 is 20.2 Å². The van der Waals surface area contributed by atoms with Crippen molar-refractivity contribution in [2.75, 3.05) is 45.8 Å². The normalized spacial score (nSPS) is 28.4. The van der Waals surface area contributed by atoms with Gasteiger partial charge in [0.15, 0.2) is 0 Å². The predicted octanol–water partition coefficient (Wildman–Crippen LogP) is 0.147. The van der Waals surface area contributed by atoms with Crippen LogP contribution in [0.3, 0.4) is 0 Å². The van der Waals surface area contributed by atoms with E-state index in [4.69, 9.17) is 0 Å². The molecule has 0 unspecified atom stereocenters. The fourth-order valence-electron chi connectivity index (χ4n) is 5.86. The summed E-state index contributed by atoms with van der Waals surface area (Å²) in [4.78, 5) is 56.6. The van der Waals surface area contributed by atoms with Crippen LogP contribution in [-0.2, 0) is 14.4 Å². The van der Waals surface area contributed by atoms with Crippen molar-refractivity contribution in [1.82, 2.24) is 24.9 Å². The lowest BCUT2D eigenvalue weighted by molar-refractivity contribution is -0.133. The predicted molar refractivity (Wildman–Crippen MR) is 120 cm³/mol. The van der Waals surface area contributed by atoms with Gasteiger partial charge in [0.2, 0.25) is 11.8 Å². The Kier molecular flexibility index (Phi) is 7.23. The summed E-state index contributed by atoms with van der Waals surface area (Å²) in [7, 11) is 0. The molecule has 4 aliphatic rings. The number of urea groups is 1. The molecule has 3 aliphatic heterocycles. The second-order valence-corrected chi connectivity index (χ2v) is 9.91. The van der Waals surface area contributed by atoms with Crippen molar-refractivity contribution in [2.45, 2.75) is 76.0 Å². The van der Waals surface area contributed by atoms with Gasteiger partial charge in [0.25, 0.3) is 5.91 Å². The molecule has 1 aliphatic carbocycles. The van der Waals surface area contributed by atoms with Crippen LogP contribution < -0.4 is 5.32 Å². The van der Waals surface area contributed by atoms with Crippen LogP contribution in [-0.4, -0.2) is 112 Å². The van der Waals surface area contributed by atoms with Crippen LogP contribution in [0.15, 0.2) is 0 Å². The summed E-state index contributed by atoms with van der Waals surface area (Å²) in [5, 5.41) is 13.6. The molecule has 0 aromatic rings. The summed E-state index contributed by atoms with van der Waals surface area (Å²) in [5.74, 6) is -0.0469. The lowest BCUT2D eigenvalue weighted by atomic mass is 9.98. The molecule has 1 saturated carbocycles. The Balaban J connectivity index is 1.23. The highest BCUT2D eigenvalue weighted by Crippen LogP contribution is 2.35. The highest BCUT2D eigenvalue weighted by Gasteiger charge is 2.52. The number of imide groups is 1. The largest absolute Gasteiger partial charge is 0.391 e. The van der Waals surface area contributed by atoms with Gasteiger partial charge in [-0.05, 0) is 32.1 Å². The third kappa shape index (κ3) is 5.01. The smallest absolute Gasteiger partial charge is 0.325 e. The summed E-state index contributed by atoms with van der Waals surface area (Å²) in [6.07, 6.45) is 4.76. The highest BCUT2D eigenvalue weighted by molar-refractivity contribution is 6.07. The average molecular weight is 464 g/mol. The van der Waals surface area contributed by atoms with Crippen molar-refractivity contribution in [2.24, 2.45) is 0 Å². The second-order valence-electron chi connectivity index (χ2n) is 9.91. The van der Waals surface area contributed by atoms with E-state index in [-0.39, 0.29) is 42.8 Å². The Morgan fingerprint density at radius 1 is 1.00 bits per heavy atom. The van der Waals surface area contributed by atoms with Crippen molar-refractivity contribution in [3.8, 4) is 0 Å². The first kappa shape index (κ1) is 23.9. The zero-order valence-corrected chi connectivity index (χ0v) is 19.6. The Hall–Kier alpha value is -2.20. The van der Waals surface area contributed by atoms with Crippen LogP contribution >= 0.6 is 0 Å². The van der Waals surface area contributed by atoms with E-state index in [2.05, 4.69) is 10.2 Å². The minimum atomic E-state index is -0.701. The molecular weight excluding hydrogens is 426 g/mol. The quantitative estimate of drug-likeness (QED) is 0.561. The highest BCUT2D eigenvalue weighted by atomic mass is 16.3. The molecule has 10 nitrogen and oxygen atoms in total. The molecule has 1 spiro atoms. The number of likely N-dealkylation sites (tertiary alicyclic amines) is 1. The number of carbonyl (C=O) groups excluding carboxylic acids is 4. The maximum Gasteiger partial charge on any atom is 0.325 e. The number of piperazine rings is 1.